The minimum Gasteiger partial charge on any atom is -0.477 e. The van der Waals surface area contributed by atoms with Gasteiger partial charge in [0.2, 0.25) is 5.43 Å². The first-order valence-electron chi connectivity index (χ1n) is 8.55. The third kappa shape index (κ3) is 5.22. The summed E-state index contributed by atoms with van der Waals surface area (Å²) in [6, 6.07) is 5.21. The molecule has 1 heterocycles. The average molecular weight is 376 g/mol. The van der Waals surface area contributed by atoms with Crippen LogP contribution in [0, 0.1) is 0 Å². The van der Waals surface area contributed by atoms with Gasteiger partial charge in [-0.05, 0) is 51.3 Å². The molecule has 0 bridgehead atoms. The van der Waals surface area contributed by atoms with Crippen LogP contribution in [0.15, 0.2) is 29.2 Å². The molecule has 0 spiro atoms. The van der Waals surface area contributed by atoms with Crippen molar-refractivity contribution in [2.75, 3.05) is 13.7 Å². The van der Waals surface area contributed by atoms with Crippen LogP contribution in [0.2, 0.25) is 0 Å². The Balaban J connectivity index is 2.12. The van der Waals surface area contributed by atoms with E-state index in [1.807, 2.05) is 6.07 Å². The van der Waals surface area contributed by atoms with Crippen LogP contribution in [0.5, 0.6) is 0 Å². The number of rotatable bonds is 6. The zero-order valence-corrected chi connectivity index (χ0v) is 15.9. The number of benzene rings is 1. The van der Waals surface area contributed by atoms with Crippen LogP contribution < -0.4 is 15.6 Å². The van der Waals surface area contributed by atoms with Crippen molar-refractivity contribution in [3.8, 4) is 0 Å². The molecule has 0 saturated carbocycles. The second kappa shape index (κ2) is 8.11. The van der Waals surface area contributed by atoms with E-state index < -0.39 is 23.1 Å². The summed E-state index contributed by atoms with van der Waals surface area (Å²) in [6.07, 6.45) is 1.93. The molecule has 0 fully saturated rings. The van der Waals surface area contributed by atoms with Crippen LogP contribution >= 0.6 is 0 Å². The van der Waals surface area contributed by atoms with Gasteiger partial charge in [0.05, 0.1) is 17.1 Å². The molecule has 0 radical (unpaired) electrons. The van der Waals surface area contributed by atoms with Crippen molar-refractivity contribution < 1.29 is 24.3 Å². The molecule has 0 unspecified atom stereocenters. The van der Waals surface area contributed by atoms with Gasteiger partial charge in [0.1, 0.15) is 18.3 Å². The van der Waals surface area contributed by atoms with Crippen LogP contribution in [-0.4, -0.2) is 41.2 Å². The molecule has 146 valence electrons. The predicted octanol–water partition coefficient (Wildman–Crippen LogP) is 2.22. The molecule has 0 aliphatic heterocycles. The molecule has 2 aromatic rings. The highest BCUT2D eigenvalue weighted by atomic mass is 16.6. The summed E-state index contributed by atoms with van der Waals surface area (Å²) in [6.45, 7) is 5.80. The maximum atomic E-state index is 12.4. The molecule has 0 saturated heterocycles. The lowest BCUT2D eigenvalue weighted by Gasteiger charge is -2.19. The molecule has 8 heteroatoms. The van der Waals surface area contributed by atoms with E-state index in [4.69, 9.17) is 9.57 Å². The van der Waals surface area contributed by atoms with Crippen molar-refractivity contribution >= 4 is 23.0 Å². The van der Waals surface area contributed by atoms with Crippen molar-refractivity contribution in [3.63, 3.8) is 0 Å². The fourth-order valence-corrected chi connectivity index (χ4v) is 2.60. The number of nitrogens with one attached hydrogen (secondary N) is 1. The summed E-state index contributed by atoms with van der Waals surface area (Å²) < 4.78 is 6.42. The largest absolute Gasteiger partial charge is 0.477 e. The number of aryl methyl sites for hydroxylation is 1. The van der Waals surface area contributed by atoms with Gasteiger partial charge < -0.3 is 20.0 Å². The lowest BCUT2D eigenvalue weighted by Crippen LogP contribution is -2.33. The fourth-order valence-electron chi connectivity index (χ4n) is 2.60. The van der Waals surface area contributed by atoms with Crippen molar-refractivity contribution in [1.29, 1.82) is 0 Å². The summed E-state index contributed by atoms with van der Waals surface area (Å²) in [5, 5.41) is 12.1. The van der Waals surface area contributed by atoms with Crippen molar-refractivity contribution in [1.82, 2.24) is 10.0 Å². The lowest BCUT2D eigenvalue weighted by atomic mass is 10.0. The Morgan fingerprint density at radius 3 is 2.56 bits per heavy atom. The lowest BCUT2D eigenvalue weighted by molar-refractivity contribution is 0.0526. The summed E-state index contributed by atoms with van der Waals surface area (Å²) >= 11 is 0. The minimum absolute atomic E-state index is 0.273. The molecule has 0 aliphatic rings. The molecule has 1 aromatic carbocycles. The molecule has 27 heavy (non-hydrogen) atoms. The summed E-state index contributed by atoms with van der Waals surface area (Å²) in [5.41, 5.74) is -0.113. The topological polar surface area (TPSA) is 107 Å². The van der Waals surface area contributed by atoms with E-state index in [0.29, 0.717) is 24.9 Å². The van der Waals surface area contributed by atoms with Gasteiger partial charge in [-0.25, -0.2) is 9.59 Å². The number of fused-ring (bicyclic) bond motifs is 1. The van der Waals surface area contributed by atoms with Crippen molar-refractivity contribution in [2.45, 2.75) is 39.2 Å². The second-order valence-electron chi connectivity index (χ2n) is 7.07. The van der Waals surface area contributed by atoms with Gasteiger partial charge in [0.25, 0.3) is 0 Å². The number of aromatic nitrogens is 1. The zero-order chi connectivity index (χ0) is 20.2. The van der Waals surface area contributed by atoms with Gasteiger partial charge in [-0.15, -0.1) is 0 Å². The molecule has 1 aromatic heterocycles. The van der Waals surface area contributed by atoms with E-state index in [9.17, 15) is 19.5 Å². The smallest absolute Gasteiger partial charge is 0.407 e. The number of ether oxygens (including phenoxy) is 1. The maximum absolute atomic E-state index is 12.4. The molecule has 2 N–H and O–H groups in total. The minimum atomic E-state index is -1.31. The number of carbonyl (C=O) groups excluding carboxylic acids is 1. The molecule has 2 rings (SSSR count). The highest BCUT2D eigenvalue weighted by Gasteiger charge is 2.16. The number of hydrogen-bond donors (Lipinski definition) is 2. The fraction of sp³-hybridized carbons (Fsp3) is 0.421. The Kier molecular flexibility index (Phi) is 6.09. The maximum Gasteiger partial charge on any atom is 0.407 e. The Labute approximate surface area is 156 Å². The van der Waals surface area contributed by atoms with Gasteiger partial charge in [-0.1, -0.05) is 6.07 Å². The number of hydrogen-bond acceptors (Lipinski definition) is 5. The monoisotopic (exact) mass is 376 g/mol. The molecule has 1 amide bonds. The Morgan fingerprint density at radius 2 is 1.96 bits per heavy atom. The van der Waals surface area contributed by atoms with Gasteiger partial charge >= 0.3 is 12.1 Å². The first-order valence-corrected chi connectivity index (χ1v) is 8.55. The summed E-state index contributed by atoms with van der Waals surface area (Å²) in [7, 11) is 1.39. The number of alkyl carbamates (subject to hydrolysis) is 1. The Bertz CT molecular complexity index is 911. The third-order valence-corrected chi connectivity index (χ3v) is 3.77. The van der Waals surface area contributed by atoms with Gasteiger partial charge in [-0.2, -0.15) is 4.73 Å². The van der Waals surface area contributed by atoms with Gasteiger partial charge in [0.15, 0.2) is 0 Å². The van der Waals surface area contributed by atoms with Crippen molar-refractivity contribution in [3.05, 3.63) is 45.7 Å². The van der Waals surface area contributed by atoms with Crippen LogP contribution in [0.25, 0.3) is 10.9 Å². The van der Waals surface area contributed by atoms with Crippen LogP contribution in [0.3, 0.4) is 0 Å². The third-order valence-electron chi connectivity index (χ3n) is 3.77. The van der Waals surface area contributed by atoms with Gasteiger partial charge in [0, 0.05) is 6.54 Å². The van der Waals surface area contributed by atoms with Crippen LogP contribution in [-0.2, 0) is 11.2 Å². The van der Waals surface area contributed by atoms with E-state index in [0.717, 1.165) is 11.8 Å². The molecule has 8 nitrogen and oxygen atoms in total. The van der Waals surface area contributed by atoms with E-state index in [2.05, 4.69) is 5.32 Å². The summed E-state index contributed by atoms with van der Waals surface area (Å²) in [4.78, 5) is 40.4. The van der Waals surface area contributed by atoms with Gasteiger partial charge in [-0.3, -0.25) is 4.79 Å². The molecule has 0 aliphatic carbocycles. The SMILES string of the molecule is COn1cc(C(=O)O)c(=O)c2cc(CCCNC(=O)OC(C)(C)C)ccc21. The number of amides is 1. The number of carboxylic acid groups (broad SMARTS) is 1. The quantitative estimate of drug-likeness (QED) is 0.749. The van der Waals surface area contributed by atoms with Crippen LogP contribution in [0.1, 0.15) is 43.1 Å². The predicted molar refractivity (Wildman–Crippen MR) is 100 cm³/mol. The Hall–Kier alpha value is -3.03. The average Bonchev–Trinajstić information content (AvgIpc) is 2.57. The number of nitrogens with zero attached hydrogens (tertiary/aromatic N) is 1. The van der Waals surface area contributed by atoms with E-state index in [1.165, 1.54) is 11.8 Å². The van der Waals surface area contributed by atoms with Crippen LogP contribution in [0.4, 0.5) is 4.79 Å². The molecular weight excluding hydrogens is 352 g/mol. The highest BCUT2D eigenvalue weighted by molar-refractivity contribution is 5.92. The van der Waals surface area contributed by atoms with E-state index in [-0.39, 0.29) is 10.9 Å². The number of pyridine rings is 1. The van der Waals surface area contributed by atoms with E-state index >= 15 is 0 Å². The number of carbonyl (C=O) groups is 2. The first-order chi connectivity index (χ1) is 12.6. The zero-order valence-electron chi connectivity index (χ0n) is 15.9. The summed E-state index contributed by atoms with van der Waals surface area (Å²) in [5.74, 6) is -1.31. The van der Waals surface area contributed by atoms with E-state index in [1.54, 1.807) is 32.9 Å². The standard InChI is InChI=1S/C19H24N2O6/c1-19(2,3)27-18(25)20-9-5-6-12-7-8-15-13(10-12)16(22)14(17(23)24)11-21(15)26-4/h7-8,10-11H,5-6,9H2,1-4H3,(H,20,25)(H,23,24). The Morgan fingerprint density at radius 1 is 1.26 bits per heavy atom. The normalized spacial score (nSPS) is 11.3. The molecule has 0 atom stereocenters. The number of carboxylic acids is 1. The number of aromatic carboxylic acids is 1. The molecular formula is C19H24N2O6. The highest BCUT2D eigenvalue weighted by Crippen LogP contribution is 2.15. The van der Waals surface area contributed by atoms with Crippen molar-refractivity contribution in [2.24, 2.45) is 0 Å². The second-order valence-corrected chi connectivity index (χ2v) is 7.07. The first kappa shape index (κ1) is 20.3.